The molecule has 2 heteroatoms. The largest absolute Gasteiger partial charge is 0.310 e. The van der Waals surface area contributed by atoms with Gasteiger partial charge >= 0.3 is 0 Å². The Balaban J connectivity index is 1.97. The number of benzene rings is 1. The minimum absolute atomic E-state index is 0.101. The quantitative estimate of drug-likeness (QED) is 0.778. The van der Waals surface area contributed by atoms with Gasteiger partial charge in [0, 0.05) is 18.2 Å². The standard InChI is InChI=1S/C12H16FN/c1-8-3-4-11(13)10(5-8)7-14-12-6-9(12)2/h3-5,9,12,14H,6-7H2,1-2H3. The molecule has 0 radical (unpaired) electrons. The van der Waals surface area contributed by atoms with Crippen molar-refractivity contribution in [1.29, 1.82) is 0 Å². The zero-order valence-corrected chi connectivity index (χ0v) is 8.68. The van der Waals surface area contributed by atoms with E-state index in [-0.39, 0.29) is 5.82 Å². The molecule has 1 saturated carbocycles. The first-order chi connectivity index (χ1) is 6.66. The van der Waals surface area contributed by atoms with Gasteiger partial charge in [0.2, 0.25) is 0 Å². The Hall–Kier alpha value is -0.890. The minimum Gasteiger partial charge on any atom is -0.310 e. The molecule has 1 aliphatic carbocycles. The number of aryl methyl sites for hydroxylation is 1. The smallest absolute Gasteiger partial charge is 0.127 e. The lowest BCUT2D eigenvalue weighted by Crippen LogP contribution is -2.17. The van der Waals surface area contributed by atoms with Crippen LogP contribution >= 0.6 is 0 Å². The van der Waals surface area contributed by atoms with Crippen molar-refractivity contribution in [2.24, 2.45) is 5.92 Å². The van der Waals surface area contributed by atoms with Crippen LogP contribution in [0.1, 0.15) is 24.5 Å². The van der Waals surface area contributed by atoms with Crippen LogP contribution in [0.15, 0.2) is 18.2 Å². The molecule has 1 aromatic carbocycles. The molecule has 1 N–H and O–H groups in total. The second kappa shape index (κ2) is 3.70. The first-order valence-corrected chi connectivity index (χ1v) is 5.15. The molecule has 0 saturated heterocycles. The molecule has 0 spiro atoms. The Morgan fingerprint density at radius 1 is 1.50 bits per heavy atom. The van der Waals surface area contributed by atoms with Crippen LogP contribution in [0, 0.1) is 18.7 Å². The van der Waals surface area contributed by atoms with Gasteiger partial charge < -0.3 is 5.32 Å². The highest BCUT2D eigenvalue weighted by Crippen LogP contribution is 2.29. The second-order valence-electron chi connectivity index (χ2n) is 4.30. The van der Waals surface area contributed by atoms with Gasteiger partial charge in [-0.25, -0.2) is 4.39 Å². The molecule has 0 heterocycles. The van der Waals surface area contributed by atoms with Crippen LogP contribution < -0.4 is 5.32 Å². The van der Waals surface area contributed by atoms with Gasteiger partial charge in [-0.3, -0.25) is 0 Å². The predicted molar refractivity (Wildman–Crippen MR) is 55.5 cm³/mol. The van der Waals surface area contributed by atoms with Crippen molar-refractivity contribution in [3.63, 3.8) is 0 Å². The van der Waals surface area contributed by atoms with Gasteiger partial charge in [0.25, 0.3) is 0 Å². The fraction of sp³-hybridized carbons (Fsp3) is 0.500. The van der Waals surface area contributed by atoms with E-state index < -0.39 is 0 Å². The molecule has 1 aromatic rings. The second-order valence-corrected chi connectivity index (χ2v) is 4.30. The van der Waals surface area contributed by atoms with Crippen molar-refractivity contribution in [2.75, 3.05) is 0 Å². The number of nitrogens with one attached hydrogen (secondary N) is 1. The molecule has 1 nitrogen and oxygen atoms in total. The summed E-state index contributed by atoms with van der Waals surface area (Å²) in [5.74, 6) is 0.666. The Bertz CT molecular complexity index is 335. The van der Waals surface area contributed by atoms with Gasteiger partial charge in [-0.15, -0.1) is 0 Å². The Labute approximate surface area is 84.3 Å². The van der Waals surface area contributed by atoms with Crippen LogP contribution in [0.4, 0.5) is 4.39 Å². The van der Waals surface area contributed by atoms with Crippen LogP contribution in [0.3, 0.4) is 0 Å². The van der Waals surface area contributed by atoms with Gasteiger partial charge in [-0.1, -0.05) is 24.6 Å². The average Bonchev–Trinajstić information content (AvgIpc) is 2.84. The Kier molecular flexibility index (Phi) is 2.55. The summed E-state index contributed by atoms with van der Waals surface area (Å²) >= 11 is 0. The molecule has 2 atom stereocenters. The first-order valence-electron chi connectivity index (χ1n) is 5.15. The maximum Gasteiger partial charge on any atom is 0.127 e. The molecule has 0 aliphatic heterocycles. The summed E-state index contributed by atoms with van der Waals surface area (Å²) in [6.45, 7) is 4.86. The molecule has 14 heavy (non-hydrogen) atoms. The topological polar surface area (TPSA) is 12.0 Å². The number of hydrogen-bond donors (Lipinski definition) is 1. The molecule has 0 amide bonds. The normalized spacial score (nSPS) is 25.1. The SMILES string of the molecule is Cc1ccc(F)c(CNC2CC2C)c1. The lowest BCUT2D eigenvalue weighted by molar-refractivity contribution is 0.579. The number of halogens is 1. The van der Waals surface area contributed by atoms with Gasteiger partial charge in [0.15, 0.2) is 0 Å². The van der Waals surface area contributed by atoms with Gasteiger partial charge in [-0.2, -0.15) is 0 Å². The lowest BCUT2D eigenvalue weighted by atomic mass is 10.1. The molecule has 2 unspecified atom stereocenters. The molecule has 1 fully saturated rings. The third-order valence-corrected chi connectivity index (χ3v) is 2.87. The lowest BCUT2D eigenvalue weighted by Gasteiger charge is -2.05. The summed E-state index contributed by atoms with van der Waals surface area (Å²) in [7, 11) is 0. The van der Waals surface area contributed by atoms with Gasteiger partial charge in [0.05, 0.1) is 0 Å². The molecule has 0 bridgehead atoms. The molecule has 76 valence electrons. The van der Waals surface area contributed by atoms with Crippen LogP contribution in [-0.4, -0.2) is 6.04 Å². The van der Waals surface area contributed by atoms with Crippen molar-refractivity contribution >= 4 is 0 Å². The first kappa shape index (κ1) is 9.66. The predicted octanol–water partition coefficient (Wildman–Crippen LogP) is 2.63. The van der Waals surface area contributed by atoms with Crippen LogP contribution in [0.25, 0.3) is 0 Å². The highest BCUT2D eigenvalue weighted by Gasteiger charge is 2.31. The van der Waals surface area contributed by atoms with Crippen molar-refractivity contribution < 1.29 is 4.39 Å². The van der Waals surface area contributed by atoms with E-state index in [1.54, 1.807) is 12.1 Å². The molecule has 0 aromatic heterocycles. The fourth-order valence-corrected chi connectivity index (χ4v) is 1.69. The molecule has 1 aliphatic rings. The number of hydrogen-bond acceptors (Lipinski definition) is 1. The third-order valence-electron chi connectivity index (χ3n) is 2.87. The summed E-state index contributed by atoms with van der Waals surface area (Å²) in [6, 6.07) is 5.87. The van der Waals surface area contributed by atoms with Crippen molar-refractivity contribution in [2.45, 2.75) is 32.9 Å². The summed E-state index contributed by atoms with van der Waals surface area (Å²) < 4.78 is 13.3. The van der Waals surface area contributed by atoms with E-state index in [4.69, 9.17) is 0 Å². The van der Waals surface area contributed by atoms with Crippen molar-refractivity contribution in [3.05, 3.63) is 35.1 Å². The molecule has 2 rings (SSSR count). The molecular weight excluding hydrogens is 177 g/mol. The van der Waals surface area contributed by atoms with Crippen molar-refractivity contribution in [3.8, 4) is 0 Å². The van der Waals surface area contributed by atoms with Crippen LogP contribution in [0.5, 0.6) is 0 Å². The van der Waals surface area contributed by atoms with Crippen LogP contribution in [0.2, 0.25) is 0 Å². The Morgan fingerprint density at radius 2 is 2.21 bits per heavy atom. The van der Waals surface area contributed by atoms with E-state index in [0.29, 0.717) is 12.6 Å². The zero-order valence-electron chi connectivity index (χ0n) is 8.68. The Morgan fingerprint density at radius 3 is 2.86 bits per heavy atom. The summed E-state index contributed by atoms with van der Waals surface area (Å²) in [6.07, 6.45) is 1.23. The van der Waals surface area contributed by atoms with E-state index >= 15 is 0 Å². The van der Waals surface area contributed by atoms with E-state index in [2.05, 4.69) is 12.2 Å². The van der Waals surface area contributed by atoms with E-state index in [1.165, 1.54) is 6.42 Å². The van der Waals surface area contributed by atoms with Gasteiger partial charge in [0.1, 0.15) is 5.82 Å². The summed E-state index contributed by atoms with van der Waals surface area (Å²) in [5.41, 5.74) is 1.90. The van der Waals surface area contributed by atoms with E-state index in [0.717, 1.165) is 17.0 Å². The van der Waals surface area contributed by atoms with E-state index in [9.17, 15) is 4.39 Å². The van der Waals surface area contributed by atoms with Crippen LogP contribution in [-0.2, 0) is 6.54 Å². The zero-order chi connectivity index (χ0) is 10.1. The molecular formula is C12H16FN. The summed E-state index contributed by atoms with van der Waals surface area (Å²) in [5, 5.41) is 3.35. The van der Waals surface area contributed by atoms with E-state index in [1.807, 2.05) is 13.0 Å². The maximum atomic E-state index is 13.3. The minimum atomic E-state index is -0.101. The number of rotatable bonds is 3. The van der Waals surface area contributed by atoms with Gasteiger partial charge in [-0.05, 0) is 25.3 Å². The maximum absolute atomic E-state index is 13.3. The highest BCUT2D eigenvalue weighted by molar-refractivity contribution is 5.24. The third kappa shape index (κ3) is 2.13. The monoisotopic (exact) mass is 193 g/mol. The summed E-state index contributed by atoms with van der Waals surface area (Å²) in [4.78, 5) is 0. The van der Waals surface area contributed by atoms with Crippen molar-refractivity contribution in [1.82, 2.24) is 5.32 Å². The fourth-order valence-electron chi connectivity index (χ4n) is 1.69. The average molecular weight is 193 g/mol. The highest BCUT2D eigenvalue weighted by atomic mass is 19.1.